The Balaban J connectivity index is 2.41. The summed E-state index contributed by atoms with van der Waals surface area (Å²) in [4.78, 5) is 47.1. The van der Waals surface area contributed by atoms with Gasteiger partial charge in [-0.2, -0.15) is 0 Å². The van der Waals surface area contributed by atoms with Crippen molar-refractivity contribution in [3.63, 3.8) is 0 Å². The van der Waals surface area contributed by atoms with Gasteiger partial charge in [-0.15, -0.1) is 0 Å². The topological polar surface area (TPSA) is 146 Å². The Labute approximate surface area is 152 Å². The van der Waals surface area contributed by atoms with E-state index < -0.39 is 48.5 Å². The van der Waals surface area contributed by atoms with Gasteiger partial charge in [-0.3, -0.25) is 14.4 Å². The lowest BCUT2D eigenvalue weighted by atomic mass is 10.1. The van der Waals surface area contributed by atoms with Gasteiger partial charge in [-0.05, 0) is 19.8 Å². The minimum Gasteiger partial charge on any atom is -0.467 e. The molecule has 26 heavy (non-hydrogen) atoms. The SMILES string of the molecule is CCCC(N)C(=O)C(=O)NCC(=O)NC(CCC1OC(C)O1)C(=O)OC. The van der Waals surface area contributed by atoms with Gasteiger partial charge >= 0.3 is 5.97 Å². The predicted molar refractivity (Wildman–Crippen MR) is 89.5 cm³/mol. The molecule has 0 radical (unpaired) electrons. The van der Waals surface area contributed by atoms with Gasteiger partial charge in [-0.1, -0.05) is 13.3 Å². The molecule has 0 aromatic heterocycles. The number of esters is 1. The first-order chi connectivity index (χ1) is 12.3. The van der Waals surface area contributed by atoms with Gasteiger partial charge in [0.1, 0.15) is 6.04 Å². The van der Waals surface area contributed by atoms with Gasteiger partial charge < -0.3 is 30.6 Å². The number of ether oxygens (including phenoxy) is 3. The minimum atomic E-state index is -0.930. The molecule has 2 amide bonds. The molecule has 0 saturated carbocycles. The van der Waals surface area contributed by atoms with E-state index in [1.807, 2.05) is 6.92 Å². The number of Topliss-reactive ketones (excluding diaryl/α,β-unsaturated/α-hetero) is 1. The van der Waals surface area contributed by atoms with Crippen LogP contribution in [-0.2, 0) is 33.4 Å². The molecule has 0 aromatic carbocycles. The normalized spacial score (nSPS) is 21.1. The third kappa shape index (κ3) is 7.06. The maximum Gasteiger partial charge on any atom is 0.328 e. The number of hydrogen-bond acceptors (Lipinski definition) is 8. The van der Waals surface area contributed by atoms with E-state index in [0.29, 0.717) is 19.3 Å². The second-order valence-electron chi connectivity index (χ2n) is 5.93. The quantitative estimate of drug-likeness (QED) is 0.307. The van der Waals surface area contributed by atoms with Crippen molar-refractivity contribution in [2.24, 2.45) is 5.73 Å². The van der Waals surface area contributed by atoms with Crippen LogP contribution in [0.2, 0.25) is 0 Å². The Morgan fingerprint density at radius 1 is 1.19 bits per heavy atom. The highest BCUT2D eigenvalue weighted by Gasteiger charge is 2.30. The Morgan fingerprint density at radius 2 is 1.85 bits per heavy atom. The molecule has 1 aliphatic heterocycles. The van der Waals surface area contributed by atoms with Crippen LogP contribution < -0.4 is 16.4 Å². The van der Waals surface area contributed by atoms with E-state index in [4.69, 9.17) is 15.2 Å². The molecule has 0 aliphatic carbocycles. The van der Waals surface area contributed by atoms with Crippen molar-refractivity contribution in [3.8, 4) is 0 Å². The van der Waals surface area contributed by atoms with Crippen LogP contribution in [0.3, 0.4) is 0 Å². The zero-order chi connectivity index (χ0) is 19.7. The smallest absolute Gasteiger partial charge is 0.328 e. The van der Waals surface area contributed by atoms with E-state index in [1.165, 1.54) is 7.11 Å². The fourth-order valence-corrected chi connectivity index (χ4v) is 2.37. The summed E-state index contributed by atoms with van der Waals surface area (Å²) in [5.74, 6) is -2.97. The molecule has 1 rings (SSSR count). The van der Waals surface area contributed by atoms with Crippen LogP contribution in [0.4, 0.5) is 0 Å². The molecule has 1 fully saturated rings. The van der Waals surface area contributed by atoms with Gasteiger partial charge in [0, 0.05) is 6.42 Å². The van der Waals surface area contributed by atoms with Crippen LogP contribution in [0.5, 0.6) is 0 Å². The van der Waals surface area contributed by atoms with Crippen molar-refractivity contribution in [1.29, 1.82) is 0 Å². The maximum atomic E-state index is 11.9. The monoisotopic (exact) mass is 373 g/mol. The Hall–Kier alpha value is -2.04. The van der Waals surface area contributed by atoms with Crippen LogP contribution in [0, 0.1) is 0 Å². The highest BCUT2D eigenvalue weighted by molar-refractivity contribution is 6.38. The van der Waals surface area contributed by atoms with E-state index in [0.717, 1.165) is 0 Å². The summed E-state index contributed by atoms with van der Waals surface area (Å²) in [6, 6.07) is -1.80. The van der Waals surface area contributed by atoms with Gasteiger partial charge in [0.2, 0.25) is 11.7 Å². The second kappa shape index (κ2) is 10.8. The third-order valence-corrected chi connectivity index (χ3v) is 3.77. The fraction of sp³-hybridized carbons (Fsp3) is 0.750. The minimum absolute atomic E-state index is 0.240. The molecule has 0 aromatic rings. The molecule has 4 N–H and O–H groups in total. The summed E-state index contributed by atoms with van der Waals surface area (Å²) in [6.07, 6.45) is 0.969. The van der Waals surface area contributed by atoms with Crippen molar-refractivity contribution in [2.45, 2.75) is 64.2 Å². The molecular weight excluding hydrogens is 346 g/mol. The molecule has 2 unspecified atom stereocenters. The standard InChI is InChI=1S/C16H27N3O7/c1-4-5-10(17)14(21)15(22)18-8-12(20)19-11(16(23)24-3)6-7-13-25-9(2)26-13/h9-11,13H,4-8,17H2,1-3H3,(H,18,22)(H,19,20). The van der Waals surface area contributed by atoms with E-state index in [1.54, 1.807) is 6.92 Å². The van der Waals surface area contributed by atoms with Gasteiger partial charge in [0.05, 0.1) is 19.7 Å². The average molecular weight is 373 g/mol. The second-order valence-corrected chi connectivity index (χ2v) is 5.93. The van der Waals surface area contributed by atoms with Crippen molar-refractivity contribution in [1.82, 2.24) is 10.6 Å². The van der Waals surface area contributed by atoms with Crippen molar-refractivity contribution >= 4 is 23.6 Å². The molecule has 1 saturated heterocycles. The van der Waals surface area contributed by atoms with Gasteiger partial charge in [0.25, 0.3) is 5.91 Å². The summed E-state index contributed by atoms with van der Waals surface area (Å²) in [6.45, 7) is 3.13. The number of rotatable bonds is 11. The number of amides is 2. The highest BCUT2D eigenvalue weighted by Crippen LogP contribution is 2.20. The zero-order valence-electron chi connectivity index (χ0n) is 15.3. The Kier molecular flexibility index (Phi) is 9.17. The highest BCUT2D eigenvalue weighted by atomic mass is 16.9. The average Bonchev–Trinajstić information content (AvgIpc) is 2.59. The summed E-state index contributed by atoms with van der Waals surface area (Å²) in [7, 11) is 1.20. The fourth-order valence-electron chi connectivity index (χ4n) is 2.37. The summed E-state index contributed by atoms with van der Waals surface area (Å²) in [5.41, 5.74) is 5.57. The molecule has 0 spiro atoms. The zero-order valence-corrected chi connectivity index (χ0v) is 15.3. The Bertz CT molecular complexity index is 520. The lowest BCUT2D eigenvalue weighted by Crippen LogP contribution is -2.49. The van der Waals surface area contributed by atoms with Crippen molar-refractivity contribution in [2.75, 3.05) is 13.7 Å². The number of nitrogens with two attached hydrogens (primary N) is 1. The van der Waals surface area contributed by atoms with E-state index in [9.17, 15) is 19.2 Å². The molecule has 0 bridgehead atoms. The van der Waals surface area contributed by atoms with Crippen molar-refractivity contribution in [3.05, 3.63) is 0 Å². The summed E-state index contributed by atoms with van der Waals surface area (Å²) < 4.78 is 15.2. The predicted octanol–water partition coefficient (Wildman–Crippen LogP) is -1.04. The van der Waals surface area contributed by atoms with Crippen molar-refractivity contribution < 1.29 is 33.4 Å². The first-order valence-electron chi connectivity index (χ1n) is 8.54. The van der Waals surface area contributed by atoms with E-state index in [-0.39, 0.29) is 12.7 Å². The number of nitrogens with one attached hydrogen (secondary N) is 2. The number of methoxy groups -OCH3 is 1. The van der Waals surface area contributed by atoms with Gasteiger partial charge in [-0.25, -0.2) is 4.79 Å². The van der Waals surface area contributed by atoms with Gasteiger partial charge in [0.15, 0.2) is 12.6 Å². The largest absolute Gasteiger partial charge is 0.467 e. The number of ketones is 1. The van der Waals surface area contributed by atoms with Crippen LogP contribution in [0.25, 0.3) is 0 Å². The molecule has 1 heterocycles. The molecule has 10 heteroatoms. The molecule has 148 valence electrons. The molecule has 10 nitrogen and oxygen atoms in total. The number of carbonyl (C=O) groups excluding carboxylic acids is 4. The van der Waals surface area contributed by atoms with Crippen LogP contribution >= 0.6 is 0 Å². The summed E-state index contributed by atoms with van der Waals surface area (Å²) >= 11 is 0. The van der Waals surface area contributed by atoms with Crippen LogP contribution in [0.15, 0.2) is 0 Å². The maximum absolute atomic E-state index is 11.9. The lowest BCUT2D eigenvalue weighted by molar-refractivity contribution is -0.377. The lowest BCUT2D eigenvalue weighted by Gasteiger charge is -2.34. The summed E-state index contributed by atoms with van der Waals surface area (Å²) in [5, 5.41) is 4.64. The van der Waals surface area contributed by atoms with Crippen LogP contribution in [-0.4, -0.2) is 61.9 Å². The first kappa shape index (κ1) is 22.0. The Morgan fingerprint density at radius 3 is 2.38 bits per heavy atom. The number of carbonyl (C=O) groups is 4. The molecule has 1 aliphatic rings. The van der Waals surface area contributed by atoms with E-state index >= 15 is 0 Å². The molecular formula is C16H27N3O7. The first-order valence-corrected chi connectivity index (χ1v) is 8.54. The number of hydrogen-bond donors (Lipinski definition) is 3. The van der Waals surface area contributed by atoms with Crippen LogP contribution in [0.1, 0.15) is 39.5 Å². The molecule has 2 atom stereocenters. The third-order valence-electron chi connectivity index (χ3n) is 3.77. The van der Waals surface area contributed by atoms with E-state index in [2.05, 4.69) is 15.4 Å².